The fourth-order valence-corrected chi connectivity index (χ4v) is 6.34. The van der Waals surface area contributed by atoms with E-state index in [4.69, 9.17) is 19.9 Å². The third-order valence-corrected chi connectivity index (χ3v) is 8.43. The second kappa shape index (κ2) is 10.9. The summed E-state index contributed by atoms with van der Waals surface area (Å²) < 4.78 is 19.2. The van der Waals surface area contributed by atoms with Crippen molar-refractivity contribution in [2.75, 3.05) is 39.1 Å². The molecule has 2 N–H and O–H groups in total. The van der Waals surface area contributed by atoms with Gasteiger partial charge in [0.25, 0.3) is 0 Å². The molecular weight excluding hydrogens is 482 g/mol. The number of nitrogens with zero attached hydrogens (tertiary/aromatic N) is 4. The van der Waals surface area contributed by atoms with Crippen molar-refractivity contribution in [3.63, 3.8) is 0 Å². The third-order valence-electron chi connectivity index (χ3n) is 8.43. The van der Waals surface area contributed by atoms with Crippen molar-refractivity contribution in [3.8, 4) is 16.9 Å². The highest BCUT2D eigenvalue weighted by molar-refractivity contribution is 6.00. The Morgan fingerprint density at radius 2 is 2.08 bits per heavy atom. The summed E-state index contributed by atoms with van der Waals surface area (Å²) in [4.78, 5) is 23.4. The van der Waals surface area contributed by atoms with Crippen molar-refractivity contribution in [1.82, 2.24) is 19.4 Å². The van der Waals surface area contributed by atoms with Crippen molar-refractivity contribution < 1.29 is 19.0 Å². The van der Waals surface area contributed by atoms with Crippen LogP contribution in [0.4, 0.5) is 5.82 Å². The maximum Gasteiger partial charge on any atom is 0.323 e. The Kier molecular flexibility index (Phi) is 7.21. The number of carbonyl (C=O) groups is 1. The molecule has 2 aliphatic heterocycles. The summed E-state index contributed by atoms with van der Waals surface area (Å²) in [7, 11) is 1.48. The van der Waals surface area contributed by atoms with E-state index in [0.717, 1.165) is 86.1 Å². The normalized spacial score (nSPS) is 25.8. The molecule has 1 aliphatic carbocycles. The summed E-state index contributed by atoms with van der Waals surface area (Å²) in [5.74, 6) is 1.75. The average molecular weight is 520 g/mol. The fraction of sp³-hybridized carbons (Fsp3) is 0.552. The molecule has 0 amide bonds. The van der Waals surface area contributed by atoms with Crippen molar-refractivity contribution in [2.45, 2.75) is 63.1 Å². The summed E-state index contributed by atoms with van der Waals surface area (Å²) in [6.45, 7) is 3.28. The van der Waals surface area contributed by atoms with Crippen LogP contribution in [0.15, 0.2) is 36.8 Å². The van der Waals surface area contributed by atoms with E-state index in [1.807, 2.05) is 12.1 Å². The molecular formula is C29H37N5O4. The number of hydrogen-bond donors (Lipinski definition) is 1. The largest absolute Gasteiger partial charge is 0.491 e. The average Bonchev–Trinajstić information content (AvgIpc) is 3.55. The van der Waals surface area contributed by atoms with E-state index in [1.165, 1.54) is 13.5 Å². The maximum atomic E-state index is 12.2. The van der Waals surface area contributed by atoms with Gasteiger partial charge >= 0.3 is 5.97 Å². The van der Waals surface area contributed by atoms with Gasteiger partial charge in [-0.15, -0.1) is 0 Å². The van der Waals surface area contributed by atoms with Gasteiger partial charge in [-0.1, -0.05) is 12.1 Å². The Morgan fingerprint density at radius 1 is 1.18 bits per heavy atom. The summed E-state index contributed by atoms with van der Waals surface area (Å²) >= 11 is 0. The summed E-state index contributed by atoms with van der Waals surface area (Å²) in [6, 6.07) is 8.40. The van der Waals surface area contributed by atoms with Gasteiger partial charge in [0.05, 0.1) is 18.6 Å². The van der Waals surface area contributed by atoms with Gasteiger partial charge < -0.3 is 24.5 Å². The van der Waals surface area contributed by atoms with E-state index in [-0.39, 0.29) is 18.1 Å². The van der Waals surface area contributed by atoms with E-state index in [0.29, 0.717) is 24.4 Å². The van der Waals surface area contributed by atoms with Crippen LogP contribution in [0.3, 0.4) is 0 Å². The van der Waals surface area contributed by atoms with Gasteiger partial charge in [0.2, 0.25) is 0 Å². The Bertz CT molecular complexity index is 1280. The van der Waals surface area contributed by atoms with Crippen LogP contribution in [-0.4, -0.2) is 71.0 Å². The lowest BCUT2D eigenvalue weighted by molar-refractivity contribution is -0.146. The van der Waals surface area contributed by atoms with Crippen LogP contribution in [0.5, 0.6) is 5.75 Å². The molecule has 202 valence electrons. The van der Waals surface area contributed by atoms with Crippen LogP contribution in [0.25, 0.3) is 22.2 Å². The molecule has 2 saturated heterocycles. The molecule has 6 rings (SSSR count). The Hall–Kier alpha value is -3.17. The molecule has 1 aromatic carbocycles. The minimum absolute atomic E-state index is 0.0928. The number of rotatable bonds is 8. The molecule has 3 aromatic rings. The molecule has 1 saturated carbocycles. The summed E-state index contributed by atoms with van der Waals surface area (Å²) in [5.41, 5.74) is 9.31. The van der Waals surface area contributed by atoms with Crippen LogP contribution < -0.4 is 10.5 Å². The molecule has 4 heterocycles. The number of benzene rings is 1. The lowest BCUT2D eigenvalue weighted by atomic mass is 9.79. The summed E-state index contributed by atoms with van der Waals surface area (Å²) in [5, 5.41) is 0.883. The number of nitrogens with two attached hydrogens (primary N) is 1. The van der Waals surface area contributed by atoms with Gasteiger partial charge in [-0.2, -0.15) is 0 Å². The van der Waals surface area contributed by atoms with Crippen LogP contribution in [0, 0.1) is 5.92 Å². The molecule has 3 aliphatic rings. The van der Waals surface area contributed by atoms with E-state index >= 15 is 0 Å². The predicted octanol–water partition coefficient (Wildman–Crippen LogP) is 4.22. The zero-order valence-electron chi connectivity index (χ0n) is 22.1. The second-order valence-electron chi connectivity index (χ2n) is 10.9. The van der Waals surface area contributed by atoms with E-state index < -0.39 is 0 Å². The lowest BCUT2D eigenvalue weighted by Gasteiger charge is -2.39. The molecule has 0 radical (unpaired) electrons. The highest BCUT2D eigenvalue weighted by Crippen LogP contribution is 2.44. The zero-order chi connectivity index (χ0) is 26.1. The number of methoxy groups -OCH3 is 1. The molecule has 9 heteroatoms. The first-order valence-corrected chi connectivity index (χ1v) is 13.9. The highest BCUT2D eigenvalue weighted by atomic mass is 16.5. The number of anilines is 1. The molecule has 38 heavy (non-hydrogen) atoms. The van der Waals surface area contributed by atoms with Gasteiger partial charge in [-0.3, -0.25) is 9.69 Å². The van der Waals surface area contributed by atoms with Crippen molar-refractivity contribution in [3.05, 3.63) is 36.8 Å². The SMILES string of the molecule is COC(=O)C1CCCN1C[C@H]1C[C@H](n2cc(-c3cccc(OC[C@H]4CCCCO4)c3)c3c(N)ncnc32)C1. The van der Waals surface area contributed by atoms with Gasteiger partial charge in [0.1, 0.15) is 36.2 Å². The molecule has 9 nitrogen and oxygen atoms in total. The lowest BCUT2D eigenvalue weighted by Crippen LogP contribution is -2.43. The topological polar surface area (TPSA) is 105 Å². The molecule has 0 spiro atoms. The van der Waals surface area contributed by atoms with E-state index in [9.17, 15) is 4.79 Å². The number of fused-ring (bicyclic) bond motifs is 1. The van der Waals surface area contributed by atoms with Crippen molar-refractivity contribution in [2.24, 2.45) is 5.92 Å². The first kappa shape index (κ1) is 25.1. The van der Waals surface area contributed by atoms with E-state index in [1.54, 1.807) is 6.33 Å². The quantitative estimate of drug-likeness (QED) is 0.441. The van der Waals surface area contributed by atoms with Gasteiger partial charge in [0.15, 0.2) is 0 Å². The highest BCUT2D eigenvalue weighted by Gasteiger charge is 2.38. The molecule has 2 atom stereocenters. The van der Waals surface area contributed by atoms with Crippen LogP contribution in [0.2, 0.25) is 0 Å². The second-order valence-corrected chi connectivity index (χ2v) is 10.9. The van der Waals surface area contributed by atoms with Gasteiger partial charge in [-0.05, 0) is 75.1 Å². The number of aromatic nitrogens is 3. The molecule has 0 bridgehead atoms. The Morgan fingerprint density at radius 3 is 2.89 bits per heavy atom. The number of carbonyl (C=O) groups excluding carboxylic acids is 1. The number of hydrogen-bond acceptors (Lipinski definition) is 8. The smallest absolute Gasteiger partial charge is 0.323 e. The fourth-order valence-electron chi connectivity index (χ4n) is 6.34. The van der Waals surface area contributed by atoms with Crippen LogP contribution >= 0.6 is 0 Å². The van der Waals surface area contributed by atoms with E-state index in [2.05, 4.69) is 37.8 Å². The van der Waals surface area contributed by atoms with Crippen molar-refractivity contribution >= 4 is 22.8 Å². The minimum Gasteiger partial charge on any atom is -0.491 e. The van der Waals surface area contributed by atoms with Crippen LogP contribution in [-0.2, 0) is 14.3 Å². The molecule has 1 unspecified atom stereocenters. The monoisotopic (exact) mass is 519 g/mol. The Labute approximate surface area is 223 Å². The van der Waals surface area contributed by atoms with Crippen molar-refractivity contribution in [1.29, 1.82) is 0 Å². The maximum absolute atomic E-state index is 12.2. The number of ether oxygens (including phenoxy) is 3. The number of nitrogen functional groups attached to an aromatic ring is 1. The Balaban J connectivity index is 1.19. The van der Waals surface area contributed by atoms with Crippen LogP contribution in [0.1, 0.15) is 51.0 Å². The van der Waals surface area contributed by atoms with Gasteiger partial charge in [-0.25, -0.2) is 9.97 Å². The molecule has 2 aromatic heterocycles. The standard InChI is InChI=1S/C29H37N5O4/c1-36-29(35)25-9-5-10-33(25)15-19-12-21(13-19)34-16-24(26-27(30)31-18-32-28(26)34)20-6-4-8-22(14-20)38-17-23-7-2-3-11-37-23/h4,6,8,14,16,18-19,21,23,25H,2-3,5,7,9-13,15,17H2,1H3,(H2,30,31,32)/t19-,21-,23-,25?/m1/s1. The number of likely N-dealkylation sites (tertiary alicyclic amines) is 1. The molecule has 3 fully saturated rings. The first-order chi connectivity index (χ1) is 18.6. The minimum atomic E-state index is -0.107. The summed E-state index contributed by atoms with van der Waals surface area (Å²) in [6.07, 6.45) is 11.3. The number of esters is 1. The zero-order valence-corrected chi connectivity index (χ0v) is 22.1. The first-order valence-electron chi connectivity index (χ1n) is 13.9. The third kappa shape index (κ3) is 4.97. The predicted molar refractivity (Wildman–Crippen MR) is 145 cm³/mol. The van der Waals surface area contributed by atoms with Gasteiger partial charge in [0, 0.05) is 31.0 Å².